The molecule has 0 aliphatic carbocycles. The largest absolute Gasteiger partial charge is 0.409 e. The SMILES string of the molecule is CCCN(CC(N)=NO)S(=O)(=O)NCCOC. The third-order valence-corrected chi connectivity index (χ3v) is 3.43. The molecule has 8 nitrogen and oxygen atoms in total. The van der Waals surface area contributed by atoms with Crippen molar-refractivity contribution >= 4 is 16.0 Å². The first-order chi connectivity index (χ1) is 7.97. The van der Waals surface area contributed by atoms with Gasteiger partial charge in [-0.25, -0.2) is 0 Å². The molecule has 0 saturated heterocycles. The van der Waals surface area contributed by atoms with E-state index in [4.69, 9.17) is 15.7 Å². The average Bonchev–Trinajstić information content (AvgIpc) is 2.28. The van der Waals surface area contributed by atoms with Gasteiger partial charge in [-0.1, -0.05) is 12.1 Å². The molecule has 0 spiro atoms. The molecule has 0 radical (unpaired) electrons. The molecule has 0 unspecified atom stereocenters. The molecular weight excluding hydrogens is 248 g/mol. The van der Waals surface area contributed by atoms with Crippen LogP contribution in [0.1, 0.15) is 13.3 Å². The average molecular weight is 268 g/mol. The Bertz CT molecular complexity index is 330. The summed E-state index contributed by atoms with van der Waals surface area (Å²) in [5, 5.41) is 11.2. The van der Waals surface area contributed by atoms with Gasteiger partial charge < -0.3 is 15.7 Å². The Labute approximate surface area is 102 Å². The molecular formula is C8H20N4O4S. The lowest BCUT2D eigenvalue weighted by atomic mass is 10.4. The van der Waals surface area contributed by atoms with Crippen molar-refractivity contribution in [2.75, 3.05) is 33.4 Å². The van der Waals surface area contributed by atoms with E-state index in [0.717, 1.165) is 4.31 Å². The van der Waals surface area contributed by atoms with E-state index in [9.17, 15) is 8.42 Å². The normalized spacial score (nSPS) is 13.2. The maximum absolute atomic E-state index is 11.8. The summed E-state index contributed by atoms with van der Waals surface area (Å²) in [6.45, 7) is 2.44. The van der Waals surface area contributed by atoms with Gasteiger partial charge in [0.2, 0.25) is 0 Å². The summed E-state index contributed by atoms with van der Waals surface area (Å²) < 4.78 is 31.8. The van der Waals surface area contributed by atoms with E-state index in [0.29, 0.717) is 13.0 Å². The molecule has 0 aliphatic heterocycles. The van der Waals surface area contributed by atoms with Crippen LogP contribution in [-0.2, 0) is 14.9 Å². The van der Waals surface area contributed by atoms with Crippen LogP contribution in [0.15, 0.2) is 5.16 Å². The van der Waals surface area contributed by atoms with Crippen LogP contribution < -0.4 is 10.5 Å². The second-order valence-corrected chi connectivity index (χ2v) is 5.07. The Morgan fingerprint density at radius 1 is 1.59 bits per heavy atom. The smallest absolute Gasteiger partial charge is 0.279 e. The Morgan fingerprint density at radius 3 is 2.71 bits per heavy atom. The molecule has 0 heterocycles. The number of hydrogen-bond acceptors (Lipinski definition) is 5. The van der Waals surface area contributed by atoms with E-state index < -0.39 is 10.2 Å². The maximum Gasteiger partial charge on any atom is 0.279 e. The molecule has 0 aromatic rings. The van der Waals surface area contributed by atoms with Gasteiger partial charge in [0.1, 0.15) is 0 Å². The number of nitrogens with zero attached hydrogens (tertiary/aromatic N) is 2. The van der Waals surface area contributed by atoms with Crippen molar-refractivity contribution in [1.82, 2.24) is 9.03 Å². The highest BCUT2D eigenvalue weighted by atomic mass is 32.2. The minimum Gasteiger partial charge on any atom is -0.409 e. The van der Waals surface area contributed by atoms with E-state index in [1.54, 1.807) is 0 Å². The van der Waals surface area contributed by atoms with Crippen LogP contribution in [0.2, 0.25) is 0 Å². The standard InChI is InChI=1S/C8H20N4O4S/c1-3-5-12(7-8(9)11-13)17(14,15)10-4-6-16-2/h10,13H,3-7H2,1-2H3,(H2,9,11). The molecule has 0 fully saturated rings. The molecule has 102 valence electrons. The molecule has 0 aliphatic rings. The summed E-state index contributed by atoms with van der Waals surface area (Å²) >= 11 is 0. The summed E-state index contributed by atoms with van der Waals surface area (Å²) in [5.74, 6) is -0.157. The van der Waals surface area contributed by atoms with Crippen LogP contribution >= 0.6 is 0 Å². The number of nitrogens with two attached hydrogens (primary N) is 1. The molecule has 17 heavy (non-hydrogen) atoms. The number of amidine groups is 1. The summed E-state index contributed by atoms with van der Waals surface area (Å²) in [7, 11) is -2.15. The van der Waals surface area contributed by atoms with Crippen LogP contribution in [0.3, 0.4) is 0 Å². The van der Waals surface area contributed by atoms with Crippen molar-refractivity contribution < 1.29 is 18.4 Å². The second kappa shape index (κ2) is 8.23. The summed E-state index contributed by atoms with van der Waals surface area (Å²) in [6, 6.07) is 0. The van der Waals surface area contributed by atoms with Gasteiger partial charge in [0.05, 0.1) is 13.2 Å². The van der Waals surface area contributed by atoms with Gasteiger partial charge in [-0.15, -0.1) is 0 Å². The lowest BCUT2D eigenvalue weighted by molar-refractivity contribution is 0.204. The number of ether oxygens (including phenoxy) is 1. The van der Waals surface area contributed by atoms with Gasteiger partial charge in [-0.3, -0.25) is 0 Å². The zero-order chi connectivity index (χ0) is 13.3. The van der Waals surface area contributed by atoms with Crippen molar-refractivity contribution in [2.24, 2.45) is 10.9 Å². The first-order valence-corrected chi connectivity index (χ1v) is 6.62. The summed E-state index contributed by atoms with van der Waals surface area (Å²) in [4.78, 5) is 0. The number of rotatable bonds is 9. The van der Waals surface area contributed by atoms with Crippen molar-refractivity contribution in [2.45, 2.75) is 13.3 Å². The lowest BCUT2D eigenvalue weighted by Crippen LogP contribution is -2.46. The second-order valence-electron chi connectivity index (χ2n) is 3.32. The van der Waals surface area contributed by atoms with Crippen molar-refractivity contribution in [1.29, 1.82) is 0 Å². The van der Waals surface area contributed by atoms with E-state index in [1.165, 1.54) is 7.11 Å². The fraction of sp³-hybridized carbons (Fsp3) is 0.875. The predicted octanol–water partition coefficient (Wildman–Crippen LogP) is -1.07. The maximum atomic E-state index is 11.8. The van der Waals surface area contributed by atoms with Crippen molar-refractivity contribution in [3.8, 4) is 0 Å². The van der Waals surface area contributed by atoms with Crippen LogP contribution in [0.5, 0.6) is 0 Å². The van der Waals surface area contributed by atoms with Crippen LogP contribution in [0, 0.1) is 0 Å². The third kappa shape index (κ3) is 6.41. The first kappa shape index (κ1) is 16.1. The predicted molar refractivity (Wildman–Crippen MR) is 64.1 cm³/mol. The van der Waals surface area contributed by atoms with Gasteiger partial charge in [0.15, 0.2) is 5.84 Å². The highest BCUT2D eigenvalue weighted by molar-refractivity contribution is 7.87. The van der Waals surface area contributed by atoms with Gasteiger partial charge >= 0.3 is 0 Å². The molecule has 0 rings (SSSR count). The van der Waals surface area contributed by atoms with Crippen molar-refractivity contribution in [3.63, 3.8) is 0 Å². The number of hydrogen-bond donors (Lipinski definition) is 3. The molecule has 0 aromatic carbocycles. The Kier molecular flexibility index (Phi) is 7.79. The Balaban J connectivity index is 4.55. The Hall–Kier alpha value is -0.900. The van der Waals surface area contributed by atoms with Gasteiger partial charge in [-0.05, 0) is 6.42 Å². The van der Waals surface area contributed by atoms with Gasteiger partial charge in [-0.2, -0.15) is 17.4 Å². The fourth-order valence-corrected chi connectivity index (χ4v) is 2.36. The minimum absolute atomic E-state index is 0.146. The van der Waals surface area contributed by atoms with Crippen LogP contribution in [0.4, 0.5) is 0 Å². The lowest BCUT2D eigenvalue weighted by Gasteiger charge is -2.20. The van der Waals surface area contributed by atoms with E-state index >= 15 is 0 Å². The molecule has 0 amide bonds. The highest BCUT2D eigenvalue weighted by Crippen LogP contribution is 1.99. The molecule has 9 heteroatoms. The third-order valence-electron chi connectivity index (χ3n) is 1.87. The van der Waals surface area contributed by atoms with Gasteiger partial charge in [0.25, 0.3) is 10.2 Å². The van der Waals surface area contributed by atoms with E-state index in [-0.39, 0.29) is 25.5 Å². The zero-order valence-corrected chi connectivity index (χ0v) is 10.9. The molecule has 0 aromatic heterocycles. The van der Waals surface area contributed by atoms with E-state index in [2.05, 4.69) is 9.88 Å². The number of oxime groups is 1. The topological polar surface area (TPSA) is 117 Å². The van der Waals surface area contributed by atoms with Crippen LogP contribution in [0.25, 0.3) is 0 Å². The molecule has 4 N–H and O–H groups in total. The molecule has 0 bridgehead atoms. The quantitative estimate of drug-likeness (QED) is 0.162. The zero-order valence-electron chi connectivity index (χ0n) is 10.1. The van der Waals surface area contributed by atoms with E-state index in [1.807, 2.05) is 6.92 Å². The molecule has 0 saturated carbocycles. The Morgan fingerprint density at radius 2 is 2.24 bits per heavy atom. The van der Waals surface area contributed by atoms with Crippen LogP contribution in [-0.4, -0.2) is 57.1 Å². The summed E-state index contributed by atoms with van der Waals surface area (Å²) in [5.41, 5.74) is 5.30. The minimum atomic E-state index is -3.63. The summed E-state index contributed by atoms with van der Waals surface area (Å²) in [6.07, 6.45) is 0.629. The fourth-order valence-electron chi connectivity index (χ4n) is 1.11. The van der Waals surface area contributed by atoms with Gasteiger partial charge in [0, 0.05) is 20.2 Å². The van der Waals surface area contributed by atoms with Crippen molar-refractivity contribution in [3.05, 3.63) is 0 Å². The highest BCUT2D eigenvalue weighted by Gasteiger charge is 2.21. The first-order valence-electron chi connectivity index (χ1n) is 5.18. The molecule has 0 atom stereocenters. The monoisotopic (exact) mass is 268 g/mol. The number of methoxy groups -OCH3 is 1. The number of nitrogens with one attached hydrogen (secondary N) is 1.